The van der Waals surface area contributed by atoms with Crippen molar-refractivity contribution in [3.05, 3.63) is 53.5 Å². The molecule has 0 bridgehead atoms. The van der Waals surface area contributed by atoms with Gasteiger partial charge in [-0.25, -0.2) is 4.39 Å². The standard InChI is InChI=1S/C19H16FN3O4S/c20-12-1-3-13(4-2-12)23-18(25)15(17(24)21-19(23)28)11-14-5-6-16(27-14)22-7-9-26-10-8-22/h1-6,11H,7-10H2,(H,21,24,28)/b15-11-. The fraction of sp³-hybridized carbons (Fsp3) is 0.211. The highest BCUT2D eigenvalue weighted by Crippen LogP contribution is 2.25. The van der Waals surface area contributed by atoms with E-state index < -0.39 is 17.6 Å². The van der Waals surface area contributed by atoms with Gasteiger partial charge in [-0.2, -0.15) is 0 Å². The summed E-state index contributed by atoms with van der Waals surface area (Å²) in [7, 11) is 0. The lowest BCUT2D eigenvalue weighted by atomic mass is 10.1. The van der Waals surface area contributed by atoms with Crippen molar-refractivity contribution in [1.29, 1.82) is 0 Å². The van der Waals surface area contributed by atoms with E-state index in [4.69, 9.17) is 21.4 Å². The minimum atomic E-state index is -0.613. The molecule has 0 unspecified atom stereocenters. The molecule has 0 saturated carbocycles. The number of amides is 2. The molecule has 9 heteroatoms. The Morgan fingerprint density at radius 2 is 1.79 bits per heavy atom. The van der Waals surface area contributed by atoms with E-state index in [0.717, 1.165) is 4.90 Å². The third-order valence-electron chi connectivity index (χ3n) is 4.41. The zero-order chi connectivity index (χ0) is 19.7. The number of nitrogens with one attached hydrogen (secondary N) is 1. The molecule has 0 spiro atoms. The summed E-state index contributed by atoms with van der Waals surface area (Å²) in [6.07, 6.45) is 1.37. The topological polar surface area (TPSA) is 75.0 Å². The molecule has 1 aromatic carbocycles. The van der Waals surface area contributed by atoms with Crippen molar-refractivity contribution in [2.75, 3.05) is 36.1 Å². The fourth-order valence-electron chi connectivity index (χ4n) is 3.00. The van der Waals surface area contributed by atoms with Crippen LogP contribution in [0.15, 0.2) is 46.4 Å². The molecular formula is C19H16FN3O4S. The van der Waals surface area contributed by atoms with Gasteiger partial charge < -0.3 is 14.1 Å². The Morgan fingerprint density at radius 3 is 2.50 bits per heavy atom. The number of halogens is 1. The molecule has 0 aliphatic carbocycles. The monoisotopic (exact) mass is 401 g/mol. The van der Waals surface area contributed by atoms with Crippen LogP contribution >= 0.6 is 12.2 Å². The van der Waals surface area contributed by atoms with Gasteiger partial charge in [0.05, 0.1) is 18.9 Å². The molecule has 1 aromatic heterocycles. The van der Waals surface area contributed by atoms with Gasteiger partial charge in [0.15, 0.2) is 11.0 Å². The predicted octanol–water partition coefficient (Wildman–Crippen LogP) is 2.09. The number of hydrogen-bond acceptors (Lipinski definition) is 6. The molecule has 0 radical (unpaired) electrons. The maximum Gasteiger partial charge on any atom is 0.270 e. The average molecular weight is 401 g/mol. The zero-order valence-electron chi connectivity index (χ0n) is 14.7. The molecule has 2 aliphatic heterocycles. The van der Waals surface area contributed by atoms with Gasteiger partial charge in [0.1, 0.15) is 17.2 Å². The van der Waals surface area contributed by atoms with Crippen molar-refractivity contribution in [3.8, 4) is 0 Å². The van der Waals surface area contributed by atoms with Gasteiger partial charge in [0.2, 0.25) is 0 Å². The second-order valence-corrected chi connectivity index (χ2v) is 6.60. The number of hydrogen-bond donors (Lipinski definition) is 1. The van der Waals surface area contributed by atoms with Gasteiger partial charge >= 0.3 is 0 Å². The molecule has 7 nitrogen and oxygen atoms in total. The van der Waals surface area contributed by atoms with E-state index >= 15 is 0 Å². The molecule has 0 atom stereocenters. The smallest absolute Gasteiger partial charge is 0.270 e. The van der Waals surface area contributed by atoms with Crippen molar-refractivity contribution in [3.63, 3.8) is 0 Å². The lowest BCUT2D eigenvalue weighted by molar-refractivity contribution is -0.122. The normalized spacial score (nSPS) is 19.3. The number of carbonyl (C=O) groups excluding carboxylic acids is 2. The summed E-state index contributed by atoms with van der Waals surface area (Å²) >= 11 is 5.11. The summed E-state index contributed by atoms with van der Waals surface area (Å²) in [6.45, 7) is 2.63. The van der Waals surface area contributed by atoms with Gasteiger partial charge in [-0.05, 0) is 48.6 Å². The highest BCUT2D eigenvalue weighted by Gasteiger charge is 2.34. The first-order valence-corrected chi connectivity index (χ1v) is 9.03. The molecule has 4 rings (SSSR count). The van der Waals surface area contributed by atoms with E-state index in [0.29, 0.717) is 43.6 Å². The molecule has 2 fully saturated rings. The van der Waals surface area contributed by atoms with Crippen LogP contribution in [0, 0.1) is 5.82 Å². The summed E-state index contributed by atoms with van der Waals surface area (Å²) < 4.78 is 24.3. The lowest BCUT2D eigenvalue weighted by Crippen LogP contribution is -2.54. The van der Waals surface area contributed by atoms with Crippen LogP contribution < -0.4 is 15.1 Å². The van der Waals surface area contributed by atoms with Crippen LogP contribution in [0.1, 0.15) is 5.76 Å². The van der Waals surface area contributed by atoms with Crippen LogP contribution in [0.3, 0.4) is 0 Å². The lowest BCUT2D eigenvalue weighted by Gasteiger charge is -2.28. The molecular weight excluding hydrogens is 385 g/mol. The van der Waals surface area contributed by atoms with Gasteiger partial charge in [0.25, 0.3) is 11.8 Å². The van der Waals surface area contributed by atoms with Gasteiger partial charge in [-0.3, -0.25) is 19.8 Å². The number of benzene rings is 1. The van der Waals surface area contributed by atoms with E-state index in [-0.39, 0.29) is 10.7 Å². The second kappa shape index (κ2) is 7.53. The number of thiocarbonyl (C=S) groups is 1. The molecule has 3 heterocycles. The quantitative estimate of drug-likeness (QED) is 0.482. The van der Waals surface area contributed by atoms with Gasteiger partial charge in [-0.1, -0.05) is 0 Å². The van der Waals surface area contributed by atoms with E-state index in [1.54, 1.807) is 12.1 Å². The number of rotatable bonds is 3. The Balaban J connectivity index is 1.61. The maximum atomic E-state index is 13.2. The number of ether oxygens (including phenoxy) is 1. The molecule has 28 heavy (non-hydrogen) atoms. The third-order valence-corrected chi connectivity index (χ3v) is 4.69. The van der Waals surface area contributed by atoms with Crippen molar-refractivity contribution >= 4 is 46.8 Å². The van der Waals surface area contributed by atoms with Crippen LogP contribution in [0.5, 0.6) is 0 Å². The van der Waals surface area contributed by atoms with E-state index in [1.165, 1.54) is 30.3 Å². The van der Waals surface area contributed by atoms with Crippen molar-refractivity contribution in [1.82, 2.24) is 5.32 Å². The fourth-order valence-corrected chi connectivity index (χ4v) is 3.28. The summed E-state index contributed by atoms with van der Waals surface area (Å²) in [6, 6.07) is 8.73. The number of anilines is 2. The van der Waals surface area contributed by atoms with E-state index in [1.807, 2.05) is 4.90 Å². The Kier molecular flexibility index (Phi) is 4.93. The first kappa shape index (κ1) is 18.3. The molecule has 2 amide bonds. The summed E-state index contributed by atoms with van der Waals surface area (Å²) in [5, 5.41) is 2.42. The number of furan rings is 1. The van der Waals surface area contributed by atoms with Crippen LogP contribution in [0.2, 0.25) is 0 Å². The SMILES string of the molecule is O=C1NC(=S)N(c2ccc(F)cc2)C(=O)/C1=C\c1ccc(N2CCOCC2)o1. The Labute approximate surface area is 165 Å². The predicted molar refractivity (Wildman–Crippen MR) is 104 cm³/mol. The van der Waals surface area contributed by atoms with E-state index in [9.17, 15) is 14.0 Å². The Morgan fingerprint density at radius 1 is 1.07 bits per heavy atom. The van der Waals surface area contributed by atoms with Crippen LogP contribution in [0.4, 0.5) is 16.0 Å². The third kappa shape index (κ3) is 3.54. The Hall–Kier alpha value is -3.04. The van der Waals surface area contributed by atoms with Crippen molar-refractivity contribution in [2.24, 2.45) is 0 Å². The molecule has 2 aromatic rings. The zero-order valence-corrected chi connectivity index (χ0v) is 15.5. The minimum absolute atomic E-state index is 0.0628. The van der Waals surface area contributed by atoms with Crippen molar-refractivity contribution in [2.45, 2.75) is 0 Å². The summed E-state index contributed by atoms with van der Waals surface area (Å²) in [5.41, 5.74) is 0.233. The van der Waals surface area contributed by atoms with Crippen molar-refractivity contribution < 1.29 is 23.1 Å². The highest BCUT2D eigenvalue weighted by atomic mass is 32.1. The van der Waals surface area contributed by atoms with E-state index in [2.05, 4.69) is 5.32 Å². The molecule has 2 aliphatic rings. The maximum absolute atomic E-state index is 13.2. The number of morpholine rings is 1. The van der Waals surface area contributed by atoms with Crippen LogP contribution in [0.25, 0.3) is 6.08 Å². The number of carbonyl (C=O) groups is 2. The van der Waals surface area contributed by atoms with Gasteiger partial charge in [0, 0.05) is 19.2 Å². The first-order chi connectivity index (χ1) is 13.5. The molecule has 1 N–H and O–H groups in total. The van der Waals surface area contributed by atoms with Crippen LogP contribution in [-0.2, 0) is 14.3 Å². The summed E-state index contributed by atoms with van der Waals surface area (Å²) in [4.78, 5) is 28.4. The number of nitrogens with zero attached hydrogens (tertiary/aromatic N) is 2. The molecule has 2 saturated heterocycles. The van der Waals surface area contributed by atoms with Gasteiger partial charge in [-0.15, -0.1) is 0 Å². The Bertz CT molecular complexity index is 964. The molecule has 144 valence electrons. The second-order valence-electron chi connectivity index (χ2n) is 6.21. The average Bonchev–Trinajstić information content (AvgIpc) is 3.16. The largest absolute Gasteiger partial charge is 0.441 e. The minimum Gasteiger partial charge on any atom is -0.441 e. The summed E-state index contributed by atoms with van der Waals surface area (Å²) in [5.74, 6) is -0.649. The van der Waals surface area contributed by atoms with Crippen LogP contribution in [-0.4, -0.2) is 43.2 Å². The first-order valence-electron chi connectivity index (χ1n) is 8.62. The highest BCUT2D eigenvalue weighted by molar-refractivity contribution is 7.80.